The highest BCUT2D eigenvalue weighted by atomic mass is 16.5. The summed E-state index contributed by atoms with van der Waals surface area (Å²) in [5.74, 6) is 1.90. The molecule has 0 aliphatic heterocycles. The Kier molecular flexibility index (Phi) is 5.58. The van der Waals surface area contributed by atoms with Gasteiger partial charge < -0.3 is 15.0 Å². The molecule has 0 radical (unpaired) electrons. The number of anilines is 1. The summed E-state index contributed by atoms with van der Waals surface area (Å²) >= 11 is 0. The largest absolute Gasteiger partial charge is 0.497 e. The first-order chi connectivity index (χ1) is 10.2. The Hall–Kier alpha value is -2.07. The van der Waals surface area contributed by atoms with E-state index in [0.29, 0.717) is 0 Å². The lowest BCUT2D eigenvalue weighted by molar-refractivity contribution is 0.414. The average Bonchev–Trinajstić information content (AvgIpc) is 2.53. The van der Waals surface area contributed by atoms with Gasteiger partial charge in [0.05, 0.1) is 7.11 Å². The third-order valence-corrected chi connectivity index (χ3v) is 3.35. The zero-order valence-corrected chi connectivity index (χ0v) is 13.0. The maximum Gasteiger partial charge on any atom is 0.133 e. The number of hydrogen-bond acceptors (Lipinski definition) is 4. The number of ether oxygens (including phenoxy) is 1. The third-order valence-electron chi connectivity index (χ3n) is 3.35. The van der Waals surface area contributed by atoms with Crippen LogP contribution in [0.5, 0.6) is 5.75 Å². The molecule has 0 aliphatic rings. The second-order valence-electron chi connectivity index (χ2n) is 4.97. The monoisotopic (exact) mass is 285 g/mol. The quantitative estimate of drug-likeness (QED) is 0.849. The van der Waals surface area contributed by atoms with Gasteiger partial charge in [0.25, 0.3) is 0 Å². The molecule has 1 heterocycles. The predicted molar refractivity (Wildman–Crippen MR) is 86.7 cm³/mol. The first-order valence-electron chi connectivity index (χ1n) is 7.23. The maximum atomic E-state index is 5.27. The van der Waals surface area contributed by atoms with Crippen LogP contribution in [-0.2, 0) is 13.1 Å². The molecule has 112 valence electrons. The summed E-state index contributed by atoms with van der Waals surface area (Å²) in [5, 5.41) is 3.36. The third kappa shape index (κ3) is 4.20. The molecule has 0 aliphatic carbocycles. The summed E-state index contributed by atoms with van der Waals surface area (Å²) < 4.78 is 5.27. The van der Waals surface area contributed by atoms with Crippen molar-refractivity contribution in [2.75, 3.05) is 25.6 Å². The summed E-state index contributed by atoms with van der Waals surface area (Å²) in [6.07, 6.45) is 1.84. The Morgan fingerprint density at radius 3 is 2.86 bits per heavy atom. The lowest BCUT2D eigenvalue weighted by Crippen LogP contribution is -2.21. The SMILES string of the molecule is CCNCc1cccnc1N(C)Cc1cccc(OC)c1. The second kappa shape index (κ2) is 7.64. The van der Waals surface area contributed by atoms with Crippen LogP contribution >= 0.6 is 0 Å². The highest BCUT2D eigenvalue weighted by Crippen LogP contribution is 2.20. The molecule has 4 heteroatoms. The van der Waals surface area contributed by atoms with Crippen molar-refractivity contribution < 1.29 is 4.74 Å². The molecule has 0 saturated heterocycles. The molecular weight excluding hydrogens is 262 g/mol. The number of nitrogens with one attached hydrogen (secondary N) is 1. The topological polar surface area (TPSA) is 37.4 Å². The van der Waals surface area contributed by atoms with Crippen LogP contribution in [0.3, 0.4) is 0 Å². The highest BCUT2D eigenvalue weighted by molar-refractivity contribution is 5.47. The number of aromatic nitrogens is 1. The van der Waals surface area contributed by atoms with Crippen LogP contribution in [0.2, 0.25) is 0 Å². The molecule has 0 fully saturated rings. The first kappa shape index (κ1) is 15.3. The normalized spacial score (nSPS) is 10.4. The van der Waals surface area contributed by atoms with Crippen molar-refractivity contribution >= 4 is 5.82 Å². The van der Waals surface area contributed by atoms with Crippen molar-refractivity contribution in [2.45, 2.75) is 20.0 Å². The van der Waals surface area contributed by atoms with Crippen LogP contribution < -0.4 is 15.0 Å². The first-order valence-corrected chi connectivity index (χ1v) is 7.23. The fourth-order valence-electron chi connectivity index (χ4n) is 2.29. The number of methoxy groups -OCH3 is 1. The van der Waals surface area contributed by atoms with Gasteiger partial charge in [-0.1, -0.05) is 25.1 Å². The van der Waals surface area contributed by atoms with Crippen molar-refractivity contribution in [1.29, 1.82) is 0 Å². The fourth-order valence-corrected chi connectivity index (χ4v) is 2.29. The van der Waals surface area contributed by atoms with E-state index in [1.807, 2.05) is 24.4 Å². The zero-order chi connectivity index (χ0) is 15.1. The second-order valence-corrected chi connectivity index (χ2v) is 4.97. The van der Waals surface area contributed by atoms with E-state index in [1.165, 1.54) is 11.1 Å². The van der Waals surface area contributed by atoms with E-state index in [9.17, 15) is 0 Å². The van der Waals surface area contributed by atoms with Gasteiger partial charge >= 0.3 is 0 Å². The molecule has 0 amide bonds. The minimum Gasteiger partial charge on any atom is -0.497 e. The number of hydrogen-bond donors (Lipinski definition) is 1. The van der Waals surface area contributed by atoms with Crippen LogP contribution in [0.1, 0.15) is 18.1 Å². The summed E-state index contributed by atoms with van der Waals surface area (Å²) in [6.45, 7) is 4.69. The van der Waals surface area contributed by atoms with Crippen LogP contribution in [0.4, 0.5) is 5.82 Å². The highest BCUT2D eigenvalue weighted by Gasteiger charge is 2.09. The van der Waals surface area contributed by atoms with Gasteiger partial charge in [0.15, 0.2) is 0 Å². The Morgan fingerprint density at radius 2 is 2.10 bits per heavy atom. The molecule has 21 heavy (non-hydrogen) atoms. The van der Waals surface area contributed by atoms with Gasteiger partial charge in [-0.2, -0.15) is 0 Å². The van der Waals surface area contributed by atoms with E-state index >= 15 is 0 Å². The Bertz CT molecular complexity index is 571. The van der Waals surface area contributed by atoms with Crippen LogP contribution in [0.25, 0.3) is 0 Å². The predicted octanol–water partition coefficient (Wildman–Crippen LogP) is 2.84. The van der Waals surface area contributed by atoms with E-state index in [2.05, 4.69) is 47.4 Å². The molecule has 2 aromatic rings. The van der Waals surface area contributed by atoms with Gasteiger partial charge in [-0.3, -0.25) is 0 Å². The number of rotatable bonds is 7. The molecule has 1 aromatic carbocycles. The van der Waals surface area contributed by atoms with E-state index in [1.54, 1.807) is 7.11 Å². The molecule has 1 N–H and O–H groups in total. The van der Waals surface area contributed by atoms with Crippen LogP contribution in [0.15, 0.2) is 42.6 Å². The van der Waals surface area contributed by atoms with Gasteiger partial charge in [-0.25, -0.2) is 4.98 Å². The van der Waals surface area contributed by atoms with E-state index in [0.717, 1.165) is 31.2 Å². The zero-order valence-electron chi connectivity index (χ0n) is 13.0. The lowest BCUT2D eigenvalue weighted by Gasteiger charge is -2.21. The molecule has 1 aromatic heterocycles. The average molecular weight is 285 g/mol. The van der Waals surface area contributed by atoms with Crippen molar-refractivity contribution in [3.8, 4) is 5.75 Å². The van der Waals surface area contributed by atoms with E-state index in [-0.39, 0.29) is 0 Å². The standard InChI is InChI=1S/C17H23N3O/c1-4-18-12-15-8-6-10-19-17(15)20(2)13-14-7-5-9-16(11-14)21-3/h5-11,18H,4,12-13H2,1-3H3. The molecule has 0 bridgehead atoms. The van der Waals surface area contributed by atoms with Crippen molar-refractivity contribution in [1.82, 2.24) is 10.3 Å². The summed E-state index contributed by atoms with van der Waals surface area (Å²) in [6, 6.07) is 12.2. The number of pyridine rings is 1. The van der Waals surface area contributed by atoms with Gasteiger partial charge in [-0.05, 0) is 30.3 Å². The van der Waals surface area contributed by atoms with Gasteiger partial charge in [0, 0.05) is 31.9 Å². The lowest BCUT2D eigenvalue weighted by atomic mass is 10.2. The molecule has 0 unspecified atom stereocenters. The van der Waals surface area contributed by atoms with Crippen LogP contribution in [-0.4, -0.2) is 25.7 Å². The molecular formula is C17H23N3O. The van der Waals surface area contributed by atoms with Gasteiger partial charge in [-0.15, -0.1) is 0 Å². The Balaban J connectivity index is 2.13. The number of nitrogens with zero attached hydrogens (tertiary/aromatic N) is 2. The molecule has 2 rings (SSSR count). The smallest absolute Gasteiger partial charge is 0.133 e. The summed E-state index contributed by atoms with van der Waals surface area (Å²) in [4.78, 5) is 6.69. The maximum absolute atomic E-state index is 5.27. The van der Waals surface area contributed by atoms with Gasteiger partial charge in [0.1, 0.15) is 11.6 Å². The van der Waals surface area contributed by atoms with Crippen molar-refractivity contribution in [3.63, 3.8) is 0 Å². The van der Waals surface area contributed by atoms with E-state index < -0.39 is 0 Å². The van der Waals surface area contributed by atoms with Crippen molar-refractivity contribution in [2.24, 2.45) is 0 Å². The van der Waals surface area contributed by atoms with Gasteiger partial charge in [0.2, 0.25) is 0 Å². The van der Waals surface area contributed by atoms with E-state index in [4.69, 9.17) is 4.74 Å². The summed E-state index contributed by atoms with van der Waals surface area (Å²) in [5.41, 5.74) is 2.42. The molecule has 0 spiro atoms. The summed E-state index contributed by atoms with van der Waals surface area (Å²) in [7, 11) is 3.76. The molecule has 4 nitrogen and oxygen atoms in total. The number of benzene rings is 1. The molecule has 0 atom stereocenters. The minimum atomic E-state index is 0.799. The molecule has 0 saturated carbocycles. The Morgan fingerprint density at radius 1 is 1.24 bits per heavy atom. The van der Waals surface area contributed by atoms with Crippen LogP contribution in [0, 0.1) is 0 Å². The minimum absolute atomic E-state index is 0.799. The van der Waals surface area contributed by atoms with Crippen molar-refractivity contribution in [3.05, 3.63) is 53.7 Å². The fraction of sp³-hybridized carbons (Fsp3) is 0.353. The Labute approximate surface area is 126 Å².